The van der Waals surface area contributed by atoms with Gasteiger partial charge in [0.25, 0.3) is 0 Å². The third-order valence-electron chi connectivity index (χ3n) is 11.6. The highest BCUT2D eigenvalue weighted by molar-refractivity contribution is 6.31. The second-order valence-corrected chi connectivity index (χ2v) is 14.4. The van der Waals surface area contributed by atoms with Crippen molar-refractivity contribution >= 4 is 86.8 Å². The zero-order chi connectivity index (χ0) is 35.3. The van der Waals surface area contributed by atoms with Gasteiger partial charge in [-0.05, 0) is 96.4 Å². The van der Waals surface area contributed by atoms with E-state index in [9.17, 15) is 0 Å². The van der Waals surface area contributed by atoms with Crippen molar-refractivity contribution in [2.45, 2.75) is 0 Å². The first kappa shape index (κ1) is 29.4. The maximum atomic E-state index is 6.70. The van der Waals surface area contributed by atoms with Gasteiger partial charge in [0.15, 0.2) is 0 Å². The van der Waals surface area contributed by atoms with Crippen LogP contribution >= 0.6 is 0 Å². The Bertz CT molecular complexity index is 3380. The number of hydrogen-bond donors (Lipinski definition) is 0. The minimum atomic E-state index is 0.906. The molecular weight excluding hydrogens is 655 g/mol. The molecule has 0 aliphatic heterocycles. The summed E-state index contributed by atoms with van der Waals surface area (Å²) in [5.74, 6) is 0. The van der Waals surface area contributed by atoms with Crippen molar-refractivity contribution in [2.75, 3.05) is 0 Å². The van der Waals surface area contributed by atoms with Gasteiger partial charge in [0, 0.05) is 32.6 Å². The Labute approximate surface area is 310 Å². The molecule has 250 valence electrons. The van der Waals surface area contributed by atoms with Gasteiger partial charge < -0.3 is 8.98 Å². The highest BCUT2D eigenvalue weighted by Crippen LogP contribution is 2.46. The van der Waals surface area contributed by atoms with E-state index in [-0.39, 0.29) is 0 Å². The first-order valence-corrected chi connectivity index (χ1v) is 18.6. The zero-order valence-corrected chi connectivity index (χ0v) is 29.3. The van der Waals surface area contributed by atoms with Crippen molar-refractivity contribution in [2.24, 2.45) is 0 Å². The SMILES string of the molecule is c1ccc2c(-c3ccc4oc5c6ccccc6c6ccccc6c5c4c3)c3ccccc3c(-c3ccc(-n4c5ccccc5c5ccccc54)cc3)c2c1. The summed E-state index contributed by atoms with van der Waals surface area (Å²) in [6, 6.07) is 68.4. The first-order chi connectivity index (χ1) is 26.8. The minimum Gasteiger partial charge on any atom is -0.455 e. The summed E-state index contributed by atoms with van der Waals surface area (Å²) < 4.78 is 9.08. The van der Waals surface area contributed by atoms with E-state index in [0.29, 0.717) is 0 Å². The van der Waals surface area contributed by atoms with Gasteiger partial charge in [-0.1, -0.05) is 152 Å². The fourth-order valence-electron chi connectivity index (χ4n) is 9.29. The summed E-state index contributed by atoms with van der Waals surface area (Å²) in [6.07, 6.45) is 0. The maximum Gasteiger partial charge on any atom is 0.143 e. The number of nitrogens with zero attached hydrogens (tertiary/aromatic N) is 1. The van der Waals surface area contributed by atoms with Crippen molar-refractivity contribution in [1.82, 2.24) is 4.57 Å². The molecule has 0 N–H and O–H groups in total. The number of fused-ring (bicyclic) bond motifs is 13. The van der Waals surface area contributed by atoms with Gasteiger partial charge in [-0.15, -0.1) is 0 Å². The fourth-order valence-corrected chi connectivity index (χ4v) is 9.29. The van der Waals surface area contributed by atoms with Crippen molar-refractivity contribution in [3.05, 3.63) is 188 Å². The van der Waals surface area contributed by atoms with Crippen LogP contribution in [0.3, 0.4) is 0 Å². The van der Waals surface area contributed by atoms with Gasteiger partial charge in [0.05, 0.1) is 11.0 Å². The van der Waals surface area contributed by atoms with E-state index in [4.69, 9.17) is 4.42 Å². The highest BCUT2D eigenvalue weighted by Gasteiger charge is 2.20. The van der Waals surface area contributed by atoms with E-state index in [0.717, 1.165) is 27.6 Å². The van der Waals surface area contributed by atoms with Gasteiger partial charge in [0.1, 0.15) is 11.2 Å². The van der Waals surface area contributed by atoms with E-state index in [1.165, 1.54) is 87.1 Å². The molecular formula is C52H31NO. The summed E-state index contributed by atoms with van der Waals surface area (Å²) >= 11 is 0. The lowest BCUT2D eigenvalue weighted by atomic mass is 9.85. The number of rotatable bonds is 3. The van der Waals surface area contributed by atoms with Crippen LogP contribution in [0.2, 0.25) is 0 Å². The van der Waals surface area contributed by atoms with Gasteiger partial charge in [-0.25, -0.2) is 0 Å². The molecule has 0 fully saturated rings. The third kappa shape index (κ3) is 4.05. The lowest BCUT2D eigenvalue weighted by Gasteiger charge is -2.18. The molecule has 0 bridgehead atoms. The summed E-state index contributed by atoms with van der Waals surface area (Å²) in [6.45, 7) is 0. The van der Waals surface area contributed by atoms with E-state index < -0.39 is 0 Å². The predicted octanol–water partition coefficient (Wildman–Crippen LogP) is 14.6. The second kappa shape index (κ2) is 11.2. The standard InChI is InChI=1S/C52H31NO/c1-3-17-39-35(13-1)36-14-2-8-22-44(36)52-51(39)45-31-33(27-30-48(45)54-52)50-42-20-6-4-18-40(42)49(41-19-5-7-21-43(41)50)32-25-28-34(29-26-32)53-46-23-11-9-15-37(46)38-16-10-12-24-47(38)53/h1-31H. The van der Waals surface area contributed by atoms with Crippen LogP contribution in [-0.2, 0) is 0 Å². The Balaban J connectivity index is 1.09. The molecule has 0 aliphatic carbocycles. The molecule has 0 unspecified atom stereocenters. The zero-order valence-electron chi connectivity index (χ0n) is 29.3. The molecule has 0 spiro atoms. The molecule has 2 aromatic heterocycles. The Hall–Kier alpha value is -7.16. The molecule has 2 heteroatoms. The van der Waals surface area contributed by atoms with Crippen LogP contribution in [0.4, 0.5) is 0 Å². The van der Waals surface area contributed by atoms with E-state index in [1.807, 2.05) is 0 Å². The molecule has 0 amide bonds. The van der Waals surface area contributed by atoms with E-state index in [1.54, 1.807) is 0 Å². The number of hydrogen-bond acceptors (Lipinski definition) is 1. The van der Waals surface area contributed by atoms with Crippen LogP contribution in [0.1, 0.15) is 0 Å². The van der Waals surface area contributed by atoms with Crippen LogP contribution < -0.4 is 0 Å². The van der Waals surface area contributed by atoms with Crippen LogP contribution in [-0.4, -0.2) is 4.57 Å². The van der Waals surface area contributed by atoms with E-state index in [2.05, 4.69) is 193 Å². The maximum absolute atomic E-state index is 6.70. The predicted molar refractivity (Wildman–Crippen MR) is 229 cm³/mol. The Morgan fingerprint density at radius 3 is 1.31 bits per heavy atom. The minimum absolute atomic E-state index is 0.906. The first-order valence-electron chi connectivity index (χ1n) is 18.6. The van der Waals surface area contributed by atoms with Crippen LogP contribution in [0, 0.1) is 0 Å². The topological polar surface area (TPSA) is 18.1 Å². The normalized spacial score (nSPS) is 12.1. The van der Waals surface area contributed by atoms with Gasteiger partial charge >= 0.3 is 0 Å². The molecule has 0 aliphatic rings. The molecule has 54 heavy (non-hydrogen) atoms. The lowest BCUT2D eigenvalue weighted by Crippen LogP contribution is -1.94. The fraction of sp³-hybridized carbons (Fsp3) is 0. The monoisotopic (exact) mass is 685 g/mol. The third-order valence-corrected chi connectivity index (χ3v) is 11.6. The molecule has 2 nitrogen and oxygen atoms in total. The molecule has 10 aromatic carbocycles. The van der Waals surface area contributed by atoms with Crippen molar-refractivity contribution in [3.63, 3.8) is 0 Å². The van der Waals surface area contributed by atoms with Gasteiger partial charge in [0.2, 0.25) is 0 Å². The second-order valence-electron chi connectivity index (χ2n) is 14.4. The van der Waals surface area contributed by atoms with Crippen LogP contribution in [0.25, 0.3) is 115 Å². The molecule has 0 saturated heterocycles. The molecule has 0 saturated carbocycles. The van der Waals surface area contributed by atoms with Crippen LogP contribution in [0.5, 0.6) is 0 Å². The quantitative estimate of drug-likeness (QED) is 0.134. The molecule has 0 atom stereocenters. The number of benzene rings is 10. The summed E-state index contributed by atoms with van der Waals surface area (Å²) in [4.78, 5) is 0. The Morgan fingerprint density at radius 1 is 0.315 bits per heavy atom. The Morgan fingerprint density at radius 2 is 0.741 bits per heavy atom. The molecule has 0 radical (unpaired) electrons. The number of aromatic nitrogens is 1. The lowest BCUT2D eigenvalue weighted by molar-refractivity contribution is 0.673. The summed E-state index contributed by atoms with van der Waals surface area (Å²) in [7, 11) is 0. The summed E-state index contributed by atoms with van der Waals surface area (Å²) in [5.41, 5.74) is 10.3. The van der Waals surface area contributed by atoms with Gasteiger partial charge in [-0.2, -0.15) is 0 Å². The molecule has 12 aromatic rings. The largest absolute Gasteiger partial charge is 0.455 e. The molecule has 2 heterocycles. The molecule has 12 rings (SSSR count). The van der Waals surface area contributed by atoms with Crippen LogP contribution in [0.15, 0.2) is 192 Å². The van der Waals surface area contributed by atoms with Gasteiger partial charge in [-0.3, -0.25) is 0 Å². The smallest absolute Gasteiger partial charge is 0.143 e. The summed E-state index contributed by atoms with van der Waals surface area (Å²) in [5, 5.41) is 14.6. The van der Waals surface area contributed by atoms with Crippen molar-refractivity contribution in [1.29, 1.82) is 0 Å². The van der Waals surface area contributed by atoms with Crippen molar-refractivity contribution in [3.8, 4) is 27.9 Å². The average molecular weight is 686 g/mol. The highest BCUT2D eigenvalue weighted by atomic mass is 16.3. The number of furan rings is 1. The van der Waals surface area contributed by atoms with Crippen molar-refractivity contribution < 1.29 is 4.42 Å². The Kier molecular flexibility index (Phi) is 6.09. The average Bonchev–Trinajstić information content (AvgIpc) is 3.79. The number of para-hydroxylation sites is 2. The van der Waals surface area contributed by atoms with E-state index >= 15 is 0 Å².